The van der Waals surface area contributed by atoms with Gasteiger partial charge in [-0.2, -0.15) is 15.3 Å². The molecule has 3 aliphatic rings. The molecular weight excluding hydrogens is 1740 g/mol. The molecule has 0 radical (unpaired) electrons. The van der Waals surface area contributed by atoms with E-state index in [-0.39, 0.29) is 68.7 Å². The van der Waals surface area contributed by atoms with Gasteiger partial charge in [0, 0.05) is 120 Å². The van der Waals surface area contributed by atoms with Crippen LogP contribution in [-0.2, 0) is 28.8 Å². The van der Waals surface area contributed by atoms with Crippen molar-refractivity contribution in [1.29, 1.82) is 0 Å². The van der Waals surface area contributed by atoms with Gasteiger partial charge in [-0.1, -0.05) is 77.6 Å². The van der Waals surface area contributed by atoms with E-state index < -0.39 is 30.0 Å². The van der Waals surface area contributed by atoms with Crippen LogP contribution in [0.4, 0.5) is 0 Å². The number of aromatic nitrogens is 3. The quantitative estimate of drug-likeness (QED) is 0.0245. The van der Waals surface area contributed by atoms with Crippen molar-refractivity contribution in [3.05, 3.63) is 205 Å². The fourth-order valence-corrected chi connectivity index (χ4v) is 14.2. The fraction of sp³-hybridized carbons (Fsp3) is 0.308. The Morgan fingerprint density at radius 2 is 0.648 bits per heavy atom. The summed E-state index contributed by atoms with van der Waals surface area (Å²) in [6.07, 6.45) is 5.16. The van der Waals surface area contributed by atoms with Gasteiger partial charge in [0.25, 0.3) is 0 Å². The van der Waals surface area contributed by atoms with Crippen molar-refractivity contribution >= 4 is 188 Å². The van der Waals surface area contributed by atoms with Crippen LogP contribution in [0.1, 0.15) is 169 Å². The van der Waals surface area contributed by atoms with Crippen LogP contribution < -0.4 is 14.2 Å². The highest BCUT2D eigenvalue weighted by Crippen LogP contribution is 2.42. The van der Waals surface area contributed by atoms with Crippen LogP contribution >= 0.6 is 103 Å². The lowest BCUT2D eigenvalue weighted by Crippen LogP contribution is -2.27. The van der Waals surface area contributed by atoms with Crippen LogP contribution in [0.5, 0.6) is 17.2 Å². The molecule has 0 fully saturated rings. The molecule has 9 aromatic rings. The molecule has 21 nitrogen and oxygen atoms in total. The molecule has 3 N–H and O–H groups in total. The summed E-state index contributed by atoms with van der Waals surface area (Å²) in [5.41, 5.74) is 9.55. The number of aliphatic carboxylic acids is 3. The van der Waals surface area contributed by atoms with Crippen molar-refractivity contribution in [2.24, 2.45) is 15.3 Å². The number of fused-ring (bicyclic) bond motifs is 3. The van der Waals surface area contributed by atoms with Crippen LogP contribution in [0, 0.1) is 10.7 Å². The molecule has 0 spiro atoms. The van der Waals surface area contributed by atoms with E-state index in [2.05, 4.69) is 87.8 Å². The number of carbonyl (C=O) groups excluding carboxylic acids is 3. The number of hydrogen-bond donors (Lipinski definition) is 3. The van der Waals surface area contributed by atoms with Gasteiger partial charge >= 0.3 is 17.9 Å². The molecule has 3 atom stereocenters. The van der Waals surface area contributed by atoms with Gasteiger partial charge in [0.2, 0.25) is 17.7 Å². The molecule has 6 heterocycles. The maximum Gasteiger partial charge on any atom is 0.303 e. The van der Waals surface area contributed by atoms with Gasteiger partial charge in [0.15, 0.2) is 0 Å². The molecule has 27 heteroatoms. The number of benzene rings is 6. The summed E-state index contributed by atoms with van der Waals surface area (Å²) in [5, 5.41) is 48.8. The van der Waals surface area contributed by atoms with Crippen molar-refractivity contribution in [3.8, 4) is 17.2 Å². The molecule has 0 bridgehead atoms. The third-order valence-electron chi connectivity index (χ3n) is 17.4. The lowest BCUT2D eigenvalue weighted by Gasteiger charge is -2.23. The number of unbranched alkanes of at least 4 members (excludes halogenated alkanes) is 3. The van der Waals surface area contributed by atoms with Crippen molar-refractivity contribution in [3.63, 3.8) is 0 Å². The summed E-state index contributed by atoms with van der Waals surface area (Å²) in [7, 11) is 0. The number of hydrazone groups is 3. The molecule has 3 aromatic heterocycles. The number of carboxylic acids is 3. The first-order chi connectivity index (χ1) is 50.6. The van der Waals surface area contributed by atoms with E-state index >= 15 is 0 Å². The first-order valence-corrected chi connectivity index (χ1v) is 38.7. The van der Waals surface area contributed by atoms with Gasteiger partial charge in [0.05, 0.1) is 71.6 Å². The largest absolute Gasteiger partial charge is 0.494 e. The van der Waals surface area contributed by atoms with E-state index in [1.807, 2.05) is 166 Å². The van der Waals surface area contributed by atoms with Crippen LogP contribution in [-0.4, -0.2) is 118 Å². The van der Waals surface area contributed by atoms with E-state index in [1.165, 1.54) is 15.0 Å². The predicted molar refractivity (Wildman–Crippen MR) is 432 cm³/mol. The zero-order valence-electron chi connectivity index (χ0n) is 57.6. The smallest absolute Gasteiger partial charge is 0.303 e. The topological polar surface area (TPSA) is 276 Å². The number of pyridine rings is 3. The summed E-state index contributed by atoms with van der Waals surface area (Å²) < 4.78 is 20.1. The Bertz CT molecular complexity index is 4780. The number of halogens is 6. The molecule has 105 heavy (non-hydrogen) atoms. The molecular formula is C78H75Cl3I3N9O12. The highest BCUT2D eigenvalue weighted by molar-refractivity contribution is 14.1. The molecule has 3 amide bonds. The monoisotopic (exact) mass is 1820 g/mol. The van der Waals surface area contributed by atoms with Crippen LogP contribution in [0.15, 0.2) is 161 Å². The molecule has 0 saturated heterocycles. The van der Waals surface area contributed by atoms with E-state index in [4.69, 9.17) is 74.5 Å². The first kappa shape index (κ1) is 79.4. The number of ether oxygens (including phenoxy) is 3. The summed E-state index contributed by atoms with van der Waals surface area (Å²) in [5.74, 6) is -0.965. The fourth-order valence-electron chi connectivity index (χ4n) is 12.3. The standard InChI is InChI=1S/C27H27ClIN3O4.C26H25ClIN3O4.C25H23ClIN3O4/c1-2-36-20-13-10-18-14-21(27(28)30-22(18)15-20)24-16-23(17-8-11-19(29)12-9-17)31-32(24)25(33)6-4-3-5-7-26(34)35;1-2-35-19-12-9-17-13-20(26(27)29-21(17)14-19)23-15-22(16-7-10-18(28)11-8-16)30-31(23)24(32)5-3-4-6-25(33)34;1-2-34-18-11-8-16-12-19(25(26)28-20(16)13-18)22-14-21(15-6-9-17(27)10-7-15)29-30(22)23(31)4-3-5-24(32)33/h8-15,24H,2-7,16H2,1H3,(H,34,35);7-14,23H,2-6,15H2,1H3,(H,33,34);6-13,22H,2-5,14H2,1H3,(H,32,33). The molecule has 6 aromatic carbocycles. The molecule has 0 aliphatic carbocycles. The summed E-state index contributed by atoms with van der Waals surface area (Å²) in [6, 6.07) is 45.7. The second-order valence-electron chi connectivity index (χ2n) is 24.8. The normalized spacial score (nSPS) is 15.3. The minimum atomic E-state index is -0.929. The predicted octanol–water partition coefficient (Wildman–Crippen LogP) is 18.6. The second kappa shape index (κ2) is 37.9. The van der Waals surface area contributed by atoms with Crippen LogP contribution in [0.25, 0.3) is 32.7 Å². The zero-order chi connectivity index (χ0) is 74.8. The number of carbonyl (C=O) groups is 6. The van der Waals surface area contributed by atoms with Crippen LogP contribution in [0.3, 0.4) is 0 Å². The molecule has 12 rings (SSSR count). The van der Waals surface area contributed by atoms with Gasteiger partial charge in [0.1, 0.15) is 32.7 Å². The lowest BCUT2D eigenvalue weighted by atomic mass is 9.98. The van der Waals surface area contributed by atoms with E-state index in [0.717, 1.165) is 88.8 Å². The van der Waals surface area contributed by atoms with Gasteiger partial charge in [-0.25, -0.2) is 30.0 Å². The number of amides is 3. The Balaban J connectivity index is 0.000000169. The minimum absolute atomic E-state index is 0.0397. The number of carboxylic acid groups (broad SMARTS) is 3. The van der Waals surface area contributed by atoms with Crippen molar-refractivity contribution < 1.29 is 58.3 Å². The van der Waals surface area contributed by atoms with E-state index in [9.17, 15) is 28.8 Å². The lowest BCUT2D eigenvalue weighted by molar-refractivity contribution is -0.138. The van der Waals surface area contributed by atoms with E-state index in [0.29, 0.717) is 109 Å². The Morgan fingerprint density at radius 1 is 0.381 bits per heavy atom. The molecule has 3 unspecified atom stereocenters. The Morgan fingerprint density at radius 3 is 0.943 bits per heavy atom. The maximum absolute atomic E-state index is 13.3. The van der Waals surface area contributed by atoms with Crippen molar-refractivity contribution in [2.75, 3.05) is 19.8 Å². The number of nitrogens with zero attached hydrogens (tertiary/aromatic N) is 9. The molecule has 0 saturated carbocycles. The average Bonchev–Trinajstić information content (AvgIpc) is 1.54. The average molecular weight is 1820 g/mol. The van der Waals surface area contributed by atoms with Gasteiger partial charge in [-0.15, -0.1) is 0 Å². The van der Waals surface area contributed by atoms with Crippen molar-refractivity contribution in [2.45, 2.75) is 135 Å². The van der Waals surface area contributed by atoms with E-state index in [1.54, 1.807) is 0 Å². The second-order valence-corrected chi connectivity index (χ2v) is 29.6. The third kappa shape index (κ3) is 21.3. The summed E-state index contributed by atoms with van der Waals surface area (Å²) >= 11 is 26.7. The number of rotatable bonds is 27. The van der Waals surface area contributed by atoms with Gasteiger partial charge < -0.3 is 29.5 Å². The summed E-state index contributed by atoms with van der Waals surface area (Å²) in [4.78, 5) is 85.8. The molecule has 3 aliphatic heterocycles. The van der Waals surface area contributed by atoms with Gasteiger partial charge in [-0.3, -0.25) is 28.8 Å². The van der Waals surface area contributed by atoms with Gasteiger partial charge in [-0.05, 0) is 228 Å². The minimum Gasteiger partial charge on any atom is -0.494 e. The Hall–Kier alpha value is -8.16. The van der Waals surface area contributed by atoms with Crippen LogP contribution in [0.2, 0.25) is 15.5 Å². The zero-order valence-corrected chi connectivity index (χ0v) is 66.4. The highest BCUT2D eigenvalue weighted by atomic mass is 127. The maximum atomic E-state index is 13.3. The van der Waals surface area contributed by atoms with Crippen molar-refractivity contribution in [1.82, 2.24) is 30.0 Å². The summed E-state index contributed by atoms with van der Waals surface area (Å²) in [6.45, 7) is 7.44. The molecule has 546 valence electrons. The third-order valence-corrected chi connectivity index (χ3v) is 20.5. The highest BCUT2D eigenvalue weighted by Gasteiger charge is 2.38. The SMILES string of the molecule is CCOc1ccc2cc(C3CC(c4ccc(I)cc4)=NN3C(=O)CCCC(=O)O)c(Cl)nc2c1.CCOc1ccc2cc(C3CC(c4ccc(I)cc4)=NN3C(=O)CCCCC(=O)O)c(Cl)nc2c1.CCOc1ccc2cc(C3CC(c4ccc(I)cc4)=NN3C(=O)CCCCCC(=O)O)c(Cl)nc2c1. The Labute approximate surface area is 663 Å². The Kier molecular flexibility index (Phi) is 28.7. The first-order valence-electron chi connectivity index (χ1n) is 34.4. The number of hydrogen-bond acceptors (Lipinski definition) is 15.